The van der Waals surface area contributed by atoms with Crippen LogP contribution in [0.25, 0.3) is 11.1 Å². The largest absolute Gasteiger partial charge is 0.507 e. The highest BCUT2D eigenvalue weighted by Crippen LogP contribution is 2.38. The van der Waals surface area contributed by atoms with E-state index in [4.69, 9.17) is 0 Å². The van der Waals surface area contributed by atoms with E-state index >= 15 is 0 Å². The van der Waals surface area contributed by atoms with Gasteiger partial charge in [-0.15, -0.1) is 0 Å². The Labute approximate surface area is 149 Å². The molecular formula is C17H18F3NO4S. The number of nitrogens with one attached hydrogen (secondary N) is 1. The average molecular weight is 389 g/mol. The summed E-state index contributed by atoms with van der Waals surface area (Å²) in [6.07, 6.45) is -4.63. The minimum atomic E-state index is -4.63. The van der Waals surface area contributed by atoms with Gasteiger partial charge in [0.05, 0.1) is 16.1 Å². The zero-order chi connectivity index (χ0) is 19.8. The summed E-state index contributed by atoms with van der Waals surface area (Å²) in [7, 11) is -4.07. The van der Waals surface area contributed by atoms with Crippen LogP contribution in [-0.4, -0.2) is 30.8 Å². The molecule has 2 rings (SSSR count). The van der Waals surface area contributed by atoms with Crippen molar-refractivity contribution in [2.45, 2.75) is 30.5 Å². The van der Waals surface area contributed by atoms with E-state index in [1.54, 1.807) is 0 Å². The van der Waals surface area contributed by atoms with Gasteiger partial charge in [0, 0.05) is 17.7 Å². The van der Waals surface area contributed by atoms with Gasteiger partial charge in [0.25, 0.3) is 0 Å². The second kappa shape index (κ2) is 6.90. The summed E-state index contributed by atoms with van der Waals surface area (Å²) < 4.78 is 65.5. The first-order chi connectivity index (χ1) is 11.8. The summed E-state index contributed by atoms with van der Waals surface area (Å²) in [6.45, 7) is 2.58. The van der Waals surface area contributed by atoms with E-state index in [9.17, 15) is 31.8 Å². The molecule has 0 unspecified atom stereocenters. The zero-order valence-electron chi connectivity index (χ0n) is 14.0. The number of aromatic hydroxyl groups is 1. The third-order valence-corrected chi connectivity index (χ3v) is 4.95. The van der Waals surface area contributed by atoms with Gasteiger partial charge in [-0.25, -0.2) is 13.1 Å². The number of rotatable bonds is 5. The molecule has 3 N–H and O–H groups in total. The number of sulfonamides is 1. The lowest BCUT2D eigenvalue weighted by molar-refractivity contribution is -0.137. The molecule has 0 heterocycles. The Hall–Kier alpha value is -2.10. The van der Waals surface area contributed by atoms with Gasteiger partial charge in [0.15, 0.2) is 0 Å². The molecule has 142 valence electrons. The normalized spacial score (nSPS) is 13.0. The van der Waals surface area contributed by atoms with Crippen molar-refractivity contribution in [2.75, 3.05) is 6.54 Å². The molecule has 0 spiro atoms. The van der Waals surface area contributed by atoms with Gasteiger partial charge in [0.1, 0.15) is 5.75 Å². The SMILES string of the molecule is CC(C)(O)CNS(=O)(=O)c1ccccc1-c1ccc(C(F)(F)F)cc1O. The molecule has 0 atom stereocenters. The van der Waals surface area contributed by atoms with Crippen molar-refractivity contribution in [1.29, 1.82) is 0 Å². The zero-order valence-corrected chi connectivity index (χ0v) is 14.8. The average Bonchev–Trinajstić information content (AvgIpc) is 2.51. The Bertz CT molecular complexity index is 903. The first-order valence-corrected chi connectivity index (χ1v) is 9.01. The fourth-order valence-corrected chi connectivity index (χ4v) is 3.63. The van der Waals surface area contributed by atoms with Crippen molar-refractivity contribution < 1.29 is 31.8 Å². The van der Waals surface area contributed by atoms with Crippen LogP contribution in [0, 0.1) is 0 Å². The molecule has 2 aromatic rings. The second-order valence-corrected chi connectivity index (χ2v) is 8.10. The van der Waals surface area contributed by atoms with E-state index in [-0.39, 0.29) is 22.6 Å². The summed E-state index contributed by atoms with van der Waals surface area (Å²) in [5.41, 5.74) is -2.35. The van der Waals surface area contributed by atoms with E-state index < -0.39 is 33.1 Å². The topological polar surface area (TPSA) is 86.6 Å². The predicted octanol–water partition coefficient (Wildman–Crippen LogP) is 3.13. The van der Waals surface area contributed by atoms with E-state index in [0.29, 0.717) is 6.07 Å². The number of aliphatic hydroxyl groups is 1. The third kappa shape index (κ3) is 4.75. The van der Waals surface area contributed by atoms with Crippen LogP contribution in [0.5, 0.6) is 5.75 Å². The van der Waals surface area contributed by atoms with Crippen molar-refractivity contribution >= 4 is 10.0 Å². The number of hydrogen-bond donors (Lipinski definition) is 3. The molecule has 0 aromatic heterocycles. The smallest absolute Gasteiger partial charge is 0.416 e. The molecule has 0 aliphatic heterocycles. The summed E-state index contributed by atoms with van der Waals surface area (Å²) in [6, 6.07) is 7.92. The molecule has 26 heavy (non-hydrogen) atoms. The molecule has 0 aliphatic rings. The van der Waals surface area contributed by atoms with E-state index in [0.717, 1.165) is 12.1 Å². The van der Waals surface area contributed by atoms with Gasteiger partial charge in [-0.2, -0.15) is 13.2 Å². The highest BCUT2D eigenvalue weighted by molar-refractivity contribution is 7.89. The van der Waals surface area contributed by atoms with Crippen molar-refractivity contribution in [3.05, 3.63) is 48.0 Å². The van der Waals surface area contributed by atoms with E-state index in [1.165, 1.54) is 38.1 Å². The lowest BCUT2D eigenvalue weighted by Crippen LogP contribution is -2.38. The quantitative estimate of drug-likeness (QED) is 0.733. The van der Waals surface area contributed by atoms with Crippen molar-refractivity contribution in [3.8, 4) is 16.9 Å². The van der Waals surface area contributed by atoms with Crippen molar-refractivity contribution in [3.63, 3.8) is 0 Å². The molecule has 0 bridgehead atoms. The van der Waals surface area contributed by atoms with Crippen LogP contribution in [0.15, 0.2) is 47.4 Å². The molecule has 2 aromatic carbocycles. The monoisotopic (exact) mass is 389 g/mol. The number of hydrogen-bond acceptors (Lipinski definition) is 4. The number of alkyl halides is 3. The maximum atomic E-state index is 12.7. The molecule has 0 saturated heterocycles. The number of phenols is 1. The van der Waals surface area contributed by atoms with Crippen LogP contribution >= 0.6 is 0 Å². The molecule has 0 radical (unpaired) electrons. The van der Waals surface area contributed by atoms with E-state index in [2.05, 4.69) is 4.72 Å². The maximum absolute atomic E-state index is 12.7. The van der Waals surface area contributed by atoms with Crippen molar-refractivity contribution in [2.24, 2.45) is 0 Å². The minimum absolute atomic E-state index is 0.0435. The molecule has 0 aliphatic carbocycles. The first kappa shape index (κ1) is 20.2. The number of benzene rings is 2. The van der Waals surface area contributed by atoms with Gasteiger partial charge in [0.2, 0.25) is 10.0 Å². The Balaban J connectivity index is 2.51. The highest BCUT2D eigenvalue weighted by Gasteiger charge is 2.31. The molecule has 0 fully saturated rings. The van der Waals surface area contributed by atoms with Gasteiger partial charge in [-0.3, -0.25) is 0 Å². The fraction of sp³-hybridized carbons (Fsp3) is 0.294. The van der Waals surface area contributed by atoms with Crippen molar-refractivity contribution in [1.82, 2.24) is 4.72 Å². The summed E-state index contributed by atoms with van der Waals surface area (Å²) in [4.78, 5) is -0.223. The summed E-state index contributed by atoms with van der Waals surface area (Å²) in [5, 5.41) is 19.7. The Morgan fingerprint density at radius 3 is 2.19 bits per heavy atom. The Morgan fingerprint density at radius 1 is 1.04 bits per heavy atom. The van der Waals surface area contributed by atoms with Gasteiger partial charge in [-0.05, 0) is 32.0 Å². The minimum Gasteiger partial charge on any atom is -0.507 e. The van der Waals surface area contributed by atoms with Crippen LogP contribution in [0.3, 0.4) is 0 Å². The second-order valence-electron chi connectivity index (χ2n) is 6.36. The molecule has 9 heteroatoms. The van der Waals surface area contributed by atoms with Gasteiger partial charge in [-0.1, -0.05) is 24.3 Å². The highest BCUT2D eigenvalue weighted by atomic mass is 32.2. The predicted molar refractivity (Wildman–Crippen MR) is 90.0 cm³/mol. The summed E-state index contributed by atoms with van der Waals surface area (Å²) in [5.74, 6) is -0.690. The van der Waals surface area contributed by atoms with Crippen LogP contribution in [0.4, 0.5) is 13.2 Å². The van der Waals surface area contributed by atoms with Gasteiger partial charge < -0.3 is 10.2 Å². The summed E-state index contributed by atoms with van der Waals surface area (Å²) >= 11 is 0. The van der Waals surface area contributed by atoms with Crippen LogP contribution in [0.2, 0.25) is 0 Å². The van der Waals surface area contributed by atoms with Gasteiger partial charge >= 0.3 is 6.18 Å². The molecule has 0 amide bonds. The standard InChI is InChI=1S/C17H18F3NO4S/c1-16(2,23)10-21-26(24,25)15-6-4-3-5-13(15)12-8-7-11(9-14(12)22)17(18,19)20/h3-9,21-23H,10H2,1-2H3. The Kier molecular flexibility index (Phi) is 5.36. The fourth-order valence-electron chi connectivity index (χ4n) is 2.21. The van der Waals surface area contributed by atoms with Crippen LogP contribution in [0.1, 0.15) is 19.4 Å². The lowest BCUT2D eigenvalue weighted by atomic mass is 10.0. The molecular weight excluding hydrogens is 371 g/mol. The molecule has 0 saturated carbocycles. The lowest BCUT2D eigenvalue weighted by Gasteiger charge is -2.19. The first-order valence-electron chi connectivity index (χ1n) is 7.53. The van der Waals surface area contributed by atoms with Crippen LogP contribution < -0.4 is 4.72 Å². The Morgan fingerprint density at radius 2 is 1.65 bits per heavy atom. The number of halogens is 3. The number of phenolic OH excluding ortho intramolecular Hbond substituents is 1. The molecule has 5 nitrogen and oxygen atoms in total. The third-order valence-electron chi connectivity index (χ3n) is 3.49. The van der Waals surface area contributed by atoms with E-state index in [1.807, 2.05) is 0 Å². The van der Waals surface area contributed by atoms with Crippen LogP contribution in [-0.2, 0) is 16.2 Å². The maximum Gasteiger partial charge on any atom is 0.416 e.